The Balaban J connectivity index is 1.75. The molecule has 0 saturated carbocycles. The van der Waals surface area contributed by atoms with Crippen LogP contribution in [0.2, 0.25) is 5.02 Å². The summed E-state index contributed by atoms with van der Waals surface area (Å²) in [6.45, 7) is 5.12. The van der Waals surface area contributed by atoms with Crippen LogP contribution in [0.4, 0.5) is 17.5 Å². The van der Waals surface area contributed by atoms with Gasteiger partial charge >= 0.3 is 0 Å². The number of morpholine rings is 1. The number of fused-ring (bicyclic) bond motifs is 1. The van der Waals surface area contributed by atoms with Crippen molar-refractivity contribution in [3.63, 3.8) is 0 Å². The number of halogens is 1. The zero-order valence-electron chi connectivity index (χ0n) is 15.3. The van der Waals surface area contributed by atoms with E-state index in [4.69, 9.17) is 27.1 Å². The molecule has 0 radical (unpaired) electrons. The van der Waals surface area contributed by atoms with E-state index >= 15 is 0 Å². The third-order valence-electron chi connectivity index (χ3n) is 4.75. The third kappa shape index (κ3) is 3.50. The standard InChI is InChI=1S/C18H22ClN7O/c1-11(22-17-12(19)10-21-18(20)24-17)16-15(26-5-7-27-8-6-26)9-14-13(23-16)3-4-25(14)2/h3-4,9-11H,5-8H2,1-2H3,(H3,20,21,22,24). The number of aryl methyl sites for hydroxylation is 1. The molecule has 0 spiro atoms. The molecular weight excluding hydrogens is 366 g/mol. The third-order valence-corrected chi connectivity index (χ3v) is 5.03. The maximum atomic E-state index is 6.22. The van der Waals surface area contributed by atoms with Crippen molar-refractivity contribution >= 4 is 40.1 Å². The first-order valence-corrected chi connectivity index (χ1v) is 9.24. The van der Waals surface area contributed by atoms with Crippen molar-refractivity contribution in [3.8, 4) is 0 Å². The largest absolute Gasteiger partial charge is 0.378 e. The van der Waals surface area contributed by atoms with Crippen LogP contribution < -0.4 is 16.0 Å². The van der Waals surface area contributed by atoms with Gasteiger partial charge in [-0.1, -0.05) is 11.6 Å². The Hall–Kier alpha value is -2.58. The summed E-state index contributed by atoms with van der Waals surface area (Å²) in [4.78, 5) is 15.4. The number of anilines is 3. The number of nitrogens with one attached hydrogen (secondary N) is 1. The van der Waals surface area contributed by atoms with Gasteiger partial charge in [0.25, 0.3) is 0 Å². The maximum Gasteiger partial charge on any atom is 0.222 e. The summed E-state index contributed by atoms with van der Waals surface area (Å²) < 4.78 is 7.59. The Kier molecular flexibility index (Phi) is 4.75. The predicted molar refractivity (Wildman–Crippen MR) is 107 cm³/mol. The molecule has 0 bridgehead atoms. The molecule has 4 heterocycles. The van der Waals surface area contributed by atoms with Crippen LogP contribution in [0, 0.1) is 0 Å². The predicted octanol–water partition coefficient (Wildman–Crippen LogP) is 2.61. The van der Waals surface area contributed by atoms with Crippen molar-refractivity contribution in [2.45, 2.75) is 13.0 Å². The number of nitrogens with two attached hydrogens (primary N) is 1. The van der Waals surface area contributed by atoms with Crippen molar-refractivity contribution in [3.05, 3.63) is 35.2 Å². The first-order chi connectivity index (χ1) is 13.0. The van der Waals surface area contributed by atoms with Crippen molar-refractivity contribution in [2.24, 2.45) is 7.05 Å². The van der Waals surface area contributed by atoms with Crippen LogP contribution >= 0.6 is 11.6 Å². The summed E-state index contributed by atoms with van der Waals surface area (Å²) in [7, 11) is 2.03. The molecule has 3 N–H and O–H groups in total. The Morgan fingerprint density at radius 2 is 2.07 bits per heavy atom. The topological polar surface area (TPSA) is 94.1 Å². The maximum absolute atomic E-state index is 6.22. The van der Waals surface area contributed by atoms with Crippen LogP contribution in [-0.2, 0) is 11.8 Å². The van der Waals surface area contributed by atoms with Crippen molar-refractivity contribution in [1.82, 2.24) is 19.5 Å². The lowest BCUT2D eigenvalue weighted by atomic mass is 10.1. The highest BCUT2D eigenvalue weighted by Gasteiger charge is 2.22. The number of nitrogens with zero attached hydrogens (tertiary/aromatic N) is 5. The van der Waals surface area contributed by atoms with Gasteiger partial charge in [-0.05, 0) is 19.1 Å². The molecule has 4 rings (SSSR count). The van der Waals surface area contributed by atoms with Crippen LogP contribution in [0.1, 0.15) is 18.7 Å². The molecule has 1 fully saturated rings. The van der Waals surface area contributed by atoms with Gasteiger partial charge in [0.15, 0.2) is 5.82 Å². The molecule has 1 saturated heterocycles. The Labute approximate surface area is 162 Å². The summed E-state index contributed by atoms with van der Waals surface area (Å²) in [5.41, 5.74) is 9.77. The number of nitrogen functional groups attached to an aromatic ring is 1. The molecule has 9 heteroatoms. The molecule has 142 valence electrons. The second kappa shape index (κ2) is 7.21. The Morgan fingerprint density at radius 3 is 2.85 bits per heavy atom. The number of rotatable bonds is 4. The molecule has 27 heavy (non-hydrogen) atoms. The number of hydrogen-bond donors (Lipinski definition) is 2. The monoisotopic (exact) mass is 387 g/mol. The average molecular weight is 388 g/mol. The molecule has 1 aliphatic rings. The average Bonchev–Trinajstić information content (AvgIpc) is 3.04. The van der Waals surface area contributed by atoms with Gasteiger partial charge in [-0.2, -0.15) is 4.98 Å². The molecule has 1 unspecified atom stereocenters. The van der Waals surface area contributed by atoms with Crippen LogP contribution in [0.5, 0.6) is 0 Å². The van der Waals surface area contributed by atoms with E-state index in [2.05, 4.69) is 30.8 Å². The van der Waals surface area contributed by atoms with E-state index in [1.807, 2.05) is 26.2 Å². The van der Waals surface area contributed by atoms with E-state index in [1.165, 1.54) is 6.20 Å². The normalized spacial score (nSPS) is 15.9. The molecule has 1 atom stereocenters. The van der Waals surface area contributed by atoms with Gasteiger partial charge < -0.3 is 25.3 Å². The zero-order chi connectivity index (χ0) is 19.0. The van der Waals surface area contributed by atoms with E-state index in [9.17, 15) is 0 Å². The van der Waals surface area contributed by atoms with Gasteiger partial charge in [0.2, 0.25) is 5.95 Å². The molecule has 0 amide bonds. The molecule has 3 aromatic heterocycles. The SMILES string of the molecule is CC(Nc1nc(N)ncc1Cl)c1nc2ccn(C)c2cc1N1CCOCC1. The van der Waals surface area contributed by atoms with Crippen molar-refractivity contribution in [1.29, 1.82) is 0 Å². The molecule has 8 nitrogen and oxygen atoms in total. The summed E-state index contributed by atoms with van der Waals surface area (Å²) >= 11 is 6.22. The summed E-state index contributed by atoms with van der Waals surface area (Å²) in [6, 6.07) is 4.08. The van der Waals surface area contributed by atoms with E-state index in [0.29, 0.717) is 24.1 Å². The van der Waals surface area contributed by atoms with Gasteiger partial charge in [-0.3, -0.25) is 0 Å². The Bertz CT molecular complexity index is 968. The summed E-state index contributed by atoms with van der Waals surface area (Å²) in [6.07, 6.45) is 3.51. The van der Waals surface area contributed by atoms with Gasteiger partial charge in [0.1, 0.15) is 5.02 Å². The van der Waals surface area contributed by atoms with E-state index in [-0.39, 0.29) is 12.0 Å². The van der Waals surface area contributed by atoms with Crippen molar-refractivity contribution in [2.75, 3.05) is 42.3 Å². The second-order valence-corrected chi connectivity index (χ2v) is 7.02. The van der Waals surface area contributed by atoms with Crippen LogP contribution in [0.3, 0.4) is 0 Å². The summed E-state index contributed by atoms with van der Waals surface area (Å²) in [5, 5.41) is 3.75. The lowest BCUT2D eigenvalue weighted by Crippen LogP contribution is -2.37. The molecule has 0 aromatic carbocycles. The first-order valence-electron chi connectivity index (χ1n) is 8.86. The fourth-order valence-electron chi connectivity index (χ4n) is 3.32. The minimum absolute atomic E-state index is 0.126. The minimum atomic E-state index is -0.126. The quantitative estimate of drug-likeness (QED) is 0.710. The fraction of sp³-hybridized carbons (Fsp3) is 0.389. The van der Waals surface area contributed by atoms with E-state index < -0.39 is 0 Å². The highest BCUT2D eigenvalue weighted by Crippen LogP contribution is 2.32. The highest BCUT2D eigenvalue weighted by atomic mass is 35.5. The molecule has 0 aliphatic carbocycles. The lowest BCUT2D eigenvalue weighted by molar-refractivity contribution is 0.122. The number of aromatic nitrogens is 4. The number of ether oxygens (including phenoxy) is 1. The van der Waals surface area contributed by atoms with Gasteiger partial charge in [0.05, 0.1) is 47.9 Å². The zero-order valence-corrected chi connectivity index (χ0v) is 16.1. The number of pyridine rings is 1. The van der Waals surface area contributed by atoms with Gasteiger partial charge in [-0.25, -0.2) is 9.97 Å². The van der Waals surface area contributed by atoms with Crippen molar-refractivity contribution < 1.29 is 4.74 Å². The van der Waals surface area contributed by atoms with E-state index in [1.54, 1.807) is 0 Å². The molecule has 1 aliphatic heterocycles. The molecule has 3 aromatic rings. The smallest absolute Gasteiger partial charge is 0.222 e. The van der Waals surface area contributed by atoms with Crippen LogP contribution in [0.15, 0.2) is 24.5 Å². The summed E-state index contributed by atoms with van der Waals surface area (Å²) in [5.74, 6) is 0.675. The first kappa shape index (κ1) is 17.8. The fourth-order valence-corrected chi connectivity index (χ4v) is 3.47. The van der Waals surface area contributed by atoms with Crippen LogP contribution in [0.25, 0.3) is 11.0 Å². The van der Waals surface area contributed by atoms with E-state index in [0.717, 1.165) is 35.5 Å². The van der Waals surface area contributed by atoms with Crippen LogP contribution in [-0.4, -0.2) is 45.8 Å². The van der Waals surface area contributed by atoms with Gasteiger partial charge in [-0.15, -0.1) is 0 Å². The highest BCUT2D eigenvalue weighted by molar-refractivity contribution is 6.32. The lowest BCUT2D eigenvalue weighted by Gasteiger charge is -2.31. The Morgan fingerprint density at radius 1 is 1.30 bits per heavy atom. The van der Waals surface area contributed by atoms with Gasteiger partial charge in [0, 0.05) is 26.3 Å². The second-order valence-electron chi connectivity index (χ2n) is 6.61. The minimum Gasteiger partial charge on any atom is -0.378 e. The number of hydrogen-bond acceptors (Lipinski definition) is 7. The molecular formula is C18H22ClN7O.